The molecular formula is C12H8FNO5. The van der Waals surface area contributed by atoms with Crippen LogP contribution in [0.1, 0.15) is 20.8 Å². The average Bonchev–Trinajstić information content (AvgIpc) is 2.38. The Morgan fingerprint density at radius 1 is 1.37 bits per heavy atom. The predicted molar refractivity (Wildman–Crippen MR) is 62.8 cm³/mol. The second kappa shape index (κ2) is 4.52. The molecule has 0 spiro atoms. The van der Waals surface area contributed by atoms with Gasteiger partial charge in [-0.2, -0.15) is 0 Å². The molecule has 1 aromatic carbocycles. The zero-order valence-electron chi connectivity index (χ0n) is 9.69. The van der Waals surface area contributed by atoms with Gasteiger partial charge in [-0.05, 0) is 12.1 Å². The number of methoxy groups -OCH3 is 1. The summed E-state index contributed by atoms with van der Waals surface area (Å²) in [6, 6.07) is 2.85. The van der Waals surface area contributed by atoms with Crippen LogP contribution in [-0.4, -0.2) is 29.1 Å². The van der Waals surface area contributed by atoms with Gasteiger partial charge in [-0.15, -0.1) is 0 Å². The number of nitrogens with one attached hydrogen (secondary N) is 1. The molecule has 0 aliphatic carbocycles. The smallest absolute Gasteiger partial charge is 0.352 e. The topological polar surface area (TPSA) is 96.5 Å². The summed E-state index contributed by atoms with van der Waals surface area (Å²) in [6.45, 7) is 0. The number of esters is 1. The third-order valence-corrected chi connectivity index (χ3v) is 2.57. The van der Waals surface area contributed by atoms with Crippen molar-refractivity contribution in [1.29, 1.82) is 0 Å². The zero-order chi connectivity index (χ0) is 14.2. The average molecular weight is 265 g/mol. The number of aromatic carboxylic acids is 1. The number of hydrogen-bond donors (Lipinski definition) is 2. The van der Waals surface area contributed by atoms with Crippen molar-refractivity contribution in [2.75, 3.05) is 7.11 Å². The van der Waals surface area contributed by atoms with E-state index in [0.717, 1.165) is 25.3 Å². The Morgan fingerprint density at radius 2 is 2.05 bits per heavy atom. The molecule has 1 aromatic heterocycles. The molecule has 0 aliphatic heterocycles. The number of hydrogen-bond acceptors (Lipinski definition) is 4. The van der Waals surface area contributed by atoms with Gasteiger partial charge >= 0.3 is 11.9 Å². The minimum absolute atomic E-state index is 0.128. The van der Waals surface area contributed by atoms with Gasteiger partial charge in [0.25, 0.3) is 0 Å². The molecule has 0 saturated carbocycles. The summed E-state index contributed by atoms with van der Waals surface area (Å²) in [5, 5.41) is 8.56. The molecule has 0 radical (unpaired) electrons. The van der Waals surface area contributed by atoms with Crippen molar-refractivity contribution in [2.24, 2.45) is 0 Å². The standard InChI is InChI=1S/C12H8FNO5/c1-19-12(18)5-2-3-6(13)10-9(5)8(15)4-7(14-10)11(16)17/h2-4H,1H3,(H,14,15)(H,16,17). The Hall–Kier alpha value is -2.70. The highest BCUT2D eigenvalue weighted by atomic mass is 19.1. The van der Waals surface area contributed by atoms with E-state index in [1.165, 1.54) is 0 Å². The van der Waals surface area contributed by atoms with Crippen LogP contribution in [0.5, 0.6) is 0 Å². The molecule has 6 nitrogen and oxygen atoms in total. The van der Waals surface area contributed by atoms with Crippen LogP contribution >= 0.6 is 0 Å². The van der Waals surface area contributed by atoms with E-state index in [4.69, 9.17) is 5.11 Å². The highest BCUT2D eigenvalue weighted by Crippen LogP contribution is 2.18. The molecule has 98 valence electrons. The molecule has 0 bridgehead atoms. The van der Waals surface area contributed by atoms with E-state index in [-0.39, 0.29) is 16.5 Å². The Kier molecular flexibility index (Phi) is 3.04. The maximum absolute atomic E-state index is 13.6. The fourth-order valence-electron chi connectivity index (χ4n) is 1.72. The first-order valence-corrected chi connectivity index (χ1v) is 5.13. The lowest BCUT2D eigenvalue weighted by Gasteiger charge is -2.06. The molecule has 2 N–H and O–H groups in total. The Bertz CT molecular complexity index is 750. The molecule has 1 heterocycles. The first-order chi connectivity index (χ1) is 8.95. The summed E-state index contributed by atoms with van der Waals surface area (Å²) in [6.07, 6.45) is 0. The van der Waals surface area contributed by atoms with Crippen molar-refractivity contribution < 1.29 is 23.8 Å². The largest absolute Gasteiger partial charge is 0.477 e. The lowest BCUT2D eigenvalue weighted by Crippen LogP contribution is -2.14. The van der Waals surface area contributed by atoms with Crippen molar-refractivity contribution in [3.63, 3.8) is 0 Å². The summed E-state index contributed by atoms with van der Waals surface area (Å²) in [4.78, 5) is 36.4. The molecule has 2 rings (SSSR count). The van der Waals surface area contributed by atoms with Crippen LogP contribution in [0.3, 0.4) is 0 Å². The molecule has 7 heteroatoms. The summed E-state index contributed by atoms with van der Waals surface area (Å²) in [5.74, 6) is -3.04. The SMILES string of the molecule is COC(=O)c1ccc(F)c2[nH]c(C(=O)O)cc(=O)c12. The van der Waals surface area contributed by atoms with Gasteiger partial charge in [0.2, 0.25) is 0 Å². The number of benzene rings is 1. The van der Waals surface area contributed by atoms with Crippen LogP contribution < -0.4 is 5.43 Å². The fraction of sp³-hybridized carbons (Fsp3) is 0.0833. The minimum Gasteiger partial charge on any atom is -0.477 e. The van der Waals surface area contributed by atoms with Crippen molar-refractivity contribution in [2.45, 2.75) is 0 Å². The third kappa shape index (κ3) is 2.05. The van der Waals surface area contributed by atoms with Gasteiger partial charge in [0.15, 0.2) is 5.43 Å². The quantitative estimate of drug-likeness (QED) is 0.794. The van der Waals surface area contributed by atoms with Crippen molar-refractivity contribution in [3.8, 4) is 0 Å². The number of pyridine rings is 1. The summed E-state index contributed by atoms with van der Waals surface area (Å²) < 4.78 is 18.1. The van der Waals surface area contributed by atoms with Crippen LogP contribution in [-0.2, 0) is 4.74 Å². The number of carbonyl (C=O) groups is 2. The second-order valence-corrected chi connectivity index (χ2v) is 3.69. The number of ether oxygens (including phenoxy) is 1. The van der Waals surface area contributed by atoms with Gasteiger partial charge in [0, 0.05) is 6.07 Å². The van der Waals surface area contributed by atoms with Gasteiger partial charge in [0.1, 0.15) is 11.5 Å². The number of H-pyrrole nitrogens is 1. The van der Waals surface area contributed by atoms with Crippen molar-refractivity contribution in [1.82, 2.24) is 4.98 Å². The number of carboxylic acid groups (broad SMARTS) is 1. The van der Waals surface area contributed by atoms with E-state index in [1.54, 1.807) is 0 Å². The van der Waals surface area contributed by atoms with Gasteiger partial charge in [-0.25, -0.2) is 14.0 Å². The molecule has 0 unspecified atom stereocenters. The summed E-state index contributed by atoms with van der Waals surface area (Å²) in [7, 11) is 1.12. The molecule has 0 atom stereocenters. The highest BCUT2D eigenvalue weighted by molar-refractivity contribution is 6.04. The lowest BCUT2D eigenvalue weighted by atomic mass is 10.1. The number of fused-ring (bicyclic) bond motifs is 1. The first kappa shape index (κ1) is 12.7. The molecule has 0 fully saturated rings. The van der Waals surface area contributed by atoms with Crippen LogP contribution in [0.15, 0.2) is 23.0 Å². The van der Waals surface area contributed by atoms with E-state index in [9.17, 15) is 18.8 Å². The Morgan fingerprint density at radius 3 is 2.63 bits per heavy atom. The van der Waals surface area contributed by atoms with E-state index in [0.29, 0.717) is 0 Å². The van der Waals surface area contributed by atoms with Crippen molar-refractivity contribution in [3.05, 3.63) is 45.5 Å². The lowest BCUT2D eigenvalue weighted by molar-refractivity contribution is 0.0602. The maximum atomic E-state index is 13.6. The monoisotopic (exact) mass is 265 g/mol. The minimum atomic E-state index is -1.40. The third-order valence-electron chi connectivity index (χ3n) is 2.57. The Balaban J connectivity index is 2.92. The van der Waals surface area contributed by atoms with E-state index < -0.39 is 28.9 Å². The number of aromatic amines is 1. The second-order valence-electron chi connectivity index (χ2n) is 3.69. The molecule has 2 aromatic rings. The van der Waals surface area contributed by atoms with Gasteiger partial charge < -0.3 is 14.8 Å². The number of aromatic nitrogens is 1. The molecule has 0 aliphatic rings. The van der Waals surface area contributed by atoms with Crippen LogP contribution in [0.25, 0.3) is 10.9 Å². The summed E-state index contributed by atoms with van der Waals surface area (Å²) in [5.41, 5.74) is -1.70. The predicted octanol–water partition coefficient (Wildman–Crippen LogP) is 1.15. The van der Waals surface area contributed by atoms with E-state index in [1.807, 2.05) is 0 Å². The van der Waals surface area contributed by atoms with Crippen molar-refractivity contribution >= 4 is 22.8 Å². The van der Waals surface area contributed by atoms with Crippen LogP contribution in [0.2, 0.25) is 0 Å². The molecule has 0 amide bonds. The molecular weight excluding hydrogens is 257 g/mol. The van der Waals surface area contributed by atoms with Gasteiger partial charge in [-0.1, -0.05) is 0 Å². The fourth-order valence-corrected chi connectivity index (χ4v) is 1.72. The molecule has 0 saturated heterocycles. The normalized spacial score (nSPS) is 10.4. The Labute approximate surface area is 105 Å². The molecule has 19 heavy (non-hydrogen) atoms. The van der Waals surface area contributed by atoms with Gasteiger partial charge in [-0.3, -0.25) is 4.79 Å². The maximum Gasteiger partial charge on any atom is 0.352 e. The number of carboxylic acids is 1. The van der Waals surface area contributed by atoms with E-state index in [2.05, 4.69) is 9.72 Å². The van der Waals surface area contributed by atoms with Crippen LogP contribution in [0.4, 0.5) is 4.39 Å². The number of carbonyl (C=O) groups excluding carboxylic acids is 1. The number of rotatable bonds is 2. The first-order valence-electron chi connectivity index (χ1n) is 5.13. The van der Waals surface area contributed by atoms with Gasteiger partial charge in [0.05, 0.1) is 23.6 Å². The van der Waals surface area contributed by atoms with Crippen LogP contribution in [0, 0.1) is 5.82 Å². The summed E-state index contributed by atoms with van der Waals surface area (Å²) >= 11 is 0. The zero-order valence-corrected chi connectivity index (χ0v) is 9.69. The van der Waals surface area contributed by atoms with E-state index >= 15 is 0 Å². The highest BCUT2D eigenvalue weighted by Gasteiger charge is 2.18. The number of halogens is 1.